The molecule has 0 N–H and O–H groups in total. The average Bonchev–Trinajstić information content (AvgIpc) is 3.74. The van der Waals surface area contributed by atoms with Gasteiger partial charge in [0.15, 0.2) is 0 Å². The van der Waals surface area contributed by atoms with Crippen LogP contribution < -0.4 is 0 Å². The third kappa shape index (κ3) is 5.20. The molecule has 2 aromatic rings. The van der Waals surface area contributed by atoms with Crippen LogP contribution in [-0.4, -0.2) is 59.2 Å². The van der Waals surface area contributed by atoms with E-state index in [1.54, 1.807) is 0 Å². The van der Waals surface area contributed by atoms with E-state index >= 15 is 0 Å². The molecule has 2 amide bonds. The summed E-state index contributed by atoms with van der Waals surface area (Å²) in [6.45, 7) is 7.04. The van der Waals surface area contributed by atoms with Crippen LogP contribution in [0.2, 0.25) is 0 Å². The first kappa shape index (κ1) is 23.1. The van der Waals surface area contributed by atoms with Gasteiger partial charge in [-0.05, 0) is 48.8 Å². The summed E-state index contributed by atoms with van der Waals surface area (Å²) in [5, 5.41) is 0. The molecule has 2 atom stereocenters. The zero-order valence-electron chi connectivity index (χ0n) is 20.4. The van der Waals surface area contributed by atoms with Crippen molar-refractivity contribution in [2.24, 2.45) is 11.8 Å². The van der Waals surface area contributed by atoms with Crippen LogP contribution in [0.3, 0.4) is 0 Å². The molecule has 180 valence electrons. The van der Waals surface area contributed by atoms with Gasteiger partial charge in [-0.25, -0.2) is 0 Å². The van der Waals surface area contributed by atoms with Crippen LogP contribution in [0, 0.1) is 11.8 Å². The van der Waals surface area contributed by atoms with Crippen molar-refractivity contribution in [3.8, 4) is 0 Å². The highest BCUT2D eigenvalue weighted by Gasteiger charge is 2.42. The number of piperazine rings is 1. The Morgan fingerprint density at radius 3 is 2.09 bits per heavy atom. The Hall–Kier alpha value is -2.66. The number of carbonyl (C=O) groups excluding carboxylic acids is 2. The largest absolute Gasteiger partial charge is 0.340 e. The fourth-order valence-electron chi connectivity index (χ4n) is 5.53. The minimum atomic E-state index is -0.0745. The lowest BCUT2D eigenvalue weighted by molar-refractivity contribution is -0.145. The molecule has 2 unspecified atom stereocenters. The highest BCUT2D eigenvalue weighted by Crippen LogP contribution is 2.39. The van der Waals surface area contributed by atoms with Crippen LogP contribution in [-0.2, 0) is 22.6 Å². The molecule has 2 aliphatic heterocycles. The first-order valence-electron chi connectivity index (χ1n) is 13.1. The van der Waals surface area contributed by atoms with Crippen LogP contribution in [0.5, 0.6) is 0 Å². The highest BCUT2D eigenvalue weighted by atomic mass is 16.2. The first-order chi connectivity index (χ1) is 16.6. The summed E-state index contributed by atoms with van der Waals surface area (Å²) in [6.07, 6.45) is 4.74. The summed E-state index contributed by atoms with van der Waals surface area (Å²) in [5.41, 5.74) is 3.85. The third-order valence-corrected chi connectivity index (χ3v) is 7.85. The van der Waals surface area contributed by atoms with Gasteiger partial charge in [0, 0.05) is 45.2 Å². The van der Waals surface area contributed by atoms with E-state index in [0.29, 0.717) is 6.54 Å². The van der Waals surface area contributed by atoms with E-state index in [1.807, 2.05) is 11.0 Å². The summed E-state index contributed by atoms with van der Waals surface area (Å²) >= 11 is 0. The first-order valence-corrected chi connectivity index (χ1v) is 13.1. The van der Waals surface area contributed by atoms with E-state index < -0.39 is 0 Å². The Bertz CT molecular complexity index is 978. The van der Waals surface area contributed by atoms with Crippen molar-refractivity contribution in [2.75, 3.05) is 32.7 Å². The number of nitrogens with zero attached hydrogens (tertiary/aromatic N) is 3. The fraction of sp³-hybridized carbons (Fsp3) is 0.517. The molecule has 34 heavy (non-hydrogen) atoms. The molecule has 0 bridgehead atoms. The molecule has 3 fully saturated rings. The number of hydrogen-bond acceptors (Lipinski definition) is 3. The molecule has 2 heterocycles. The SMILES string of the molecule is CCc1ccc(C2CCC(C(=O)N3CCN(Cc4ccccc4)CC3)CN2C(=O)C2CC2)cc1. The van der Waals surface area contributed by atoms with Gasteiger partial charge in [-0.1, -0.05) is 61.5 Å². The normalized spacial score (nSPS) is 23.7. The predicted molar refractivity (Wildman–Crippen MR) is 134 cm³/mol. The van der Waals surface area contributed by atoms with Gasteiger partial charge in [-0.3, -0.25) is 14.5 Å². The monoisotopic (exact) mass is 459 g/mol. The maximum atomic E-state index is 13.5. The number of benzene rings is 2. The second kappa shape index (κ2) is 10.3. The quantitative estimate of drug-likeness (QED) is 0.648. The number of rotatable bonds is 6. The summed E-state index contributed by atoms with van der Waals surface area (Å²) in [5.74, 6) is 0.602. The molecule has 0 spiro atoms. The van der Waals surface area contributed by atoms with Gasteiger partial charge in [0.05, 0.1) is 12.0 Å². The minimum absolute atomic E-state index is 0.0745. The lowest BCUT2D eigenvalue weighted by Crippen LogP contribution is -2.53. The Balaban J connectivity index is 1.21. The van der Waals surface area contributed by atoms with Gasteiger partial charge in [0.2, 0.25) is 11.8 Å². The van der Waals surface area contributed by atoms with E-state index in [9.17, 15) is 9.59 Å². The lowest BCUT2D eigenvalue weighted by atomic mass is 9.87. The molecular weight excluding hydrogens is 422 g/mol. The van der Waals surface area contributed by atoms with Crippen LogP contribution in [0.4, 0.5) is 0 Å². The molecule has 5 heteroatoms. The average molecular weight is 460 g/mol. The Morgan fingerprint density at radius 1 is 0.765 bits per heavy atom. The van der Waals surface area contributed by atoms with Crippen molar-refractivity contribution in [1.29, 1.82) is 0 Å². The van der Waals surface area contributed by atoms with Gasteiger partial charge in [0.1, 0.15) is 0 Å². The molecule has 3 aliphatic rings. The second-order valence-corrected chi connectivity index (χ2v) is 10.2. The minimum Gasteiger partial charge on any atom is -0.340 e. The Morgan fingerprint density at radius 2 is 1.44 bits per heavy atom. The van der Waals surface area contributed by atoms with Gasteiger partial charge in [-0.2, -0.15) is 0 Å². The molecule has 2 saturated heterocycles. The Kier molecular flexibility index (Phi) is 7.00. The van der Waals surface area contributed by atoms with Crippen LogP contribution in [0.25, 0.3) is 0 Å². The van der Waals surface area contributed by atoms with Crippen LogP contribution in [0.15, 0.2) is 54.6 Å². The van der Waals surface area contributed by atoms with Crippen LogP contribution >= 0.6 is 0 Å². The zero-order chi connectivity index (χ0) is 23.5. The molecule has 1 aliphatic carbocycles. The van der Waals surface area contributed by atoms with E-state index in [4.69, 9.17) is 0 Å². The van der Waals surface area contributed by atoms with Crippen molar-refractivity contribution in [2.45, 2.75) is 51.6 Å². The smallest absolute Gasteiger partial charge is 0.227 e. The summed E-state index contributed by atoms with van der Waals surface area (Å²) in [4.78, 5) is 33.2. The molecule has 5 rings (SSSR count). The number of aryl methyl sites for hydroxylation is 1. The van der Waals surface area contributed by atoms with E-state index in [-0.39, 0.29) is 29.7 Å². The maximum Gasteiger partial charge on any atom is 0.227 e. The lowest BCUT2D eigenvalue weighted by Gasteiger charge is -2.42. The van der Waals surface area contributed by atoms with Gasteiger partial charge in [0.25, 0.3) is 0 Å². The summed E-state index contributed by atoms with van der Waals surface area (Å²) < 4.78 is 0. The third-order valence-electron chi connectivity index (χ3n) is 7.85. The Labute approximate surface area is 203 Å². The number of amides is 2. The molecule has 0 radical (unpaired) electrons. The number of piperidine rings is 1. The van der Waals surface area contributed by atoms with Crippen molar-refractivity contribution in [3.63, 3.8) is 0 Å². The van der Waals surface area contributed by atoms with Gasteiger partial charge < -0.3 is 9.80 Å². The molecule has 0 aromatic heterocycles. The second-order valence-electron chi connectivity index (χ2n) is 10.2. The number of carbonyl (C=O) groups is 2. The zero-order valence-corrected chi connectivity index (χ0v) is 20.4. The highest BCUT2D eigenvalue weighted by molar-refractivity contribution is 5.84. The topological polar surface area (TPSA) is 43.9 Å². The summed E-state index contributed by atoms with van der Waals surface area (Å²) in [7, 11) is 0. The van der Waals surface area contributed by atoms with E-state index in [1.165, 1.54) is 16.7 Å². The predicted octanol–water partition coefficient (Wildman–Crippen LogP) is 4.28. The van der Waals surface area contributed by atoms with Crippen molar-refractivity contribution in [1.82, 2.24) is 14.7 Å². The van der Waals surface area contributed by atoms with Crippen molar-refractivity contribution >= 4 is 11.8 Å². The standard InChI is InChI=1S/C29H37N3O2/c1-2-22-8-10-24(11-9-22)27-15-14-26(21-32(27)29(34)25-12-13-25)28(33)31-18-16-30(17-19-31)20-23-6-4-3-5-7-23/h3-11,25-27H,2,12-21H2,1H3. The number of hydrogen-bond donors (Lipinski definition) is 0. The molecular formula is C29H37N3O2. The van der Waals surface area contributed by atoms with E-state index in [2.05, 4.69) is 65.3 Å². The fourth-order valence-corrected chi connectivity index (χ4v) is 5.53. The van der Waals surface area contributed by atoms with Crippen LogP contribution in [0.1, 0.15) is 55.3 Å². The molecule has 2 aromatic carbocycles. The maximum absolute atomic E-state index is 13.5. The van der Waals surface area contributed by atoms with Gasteiger partial charge in [-0.15, -0.1) is 0 Å². The van der Waals surface area contributed by atoms with E-state index in [0.717, 1.165) is 64.8 Å². The van der Waals surface area contributed by atoms with Gasteiger partial charge >= 0.3 is 0 Å². The molecule has 1 saturated carbocycles. The van der Waals surface area contributed by atoms with Crippen molar-refractivity contribution < 1.29 is 9.59 Å². The number of likely N-dealkylation sites (tertiary alicyclic amines) is 1. The molecule has 5 nitrogen and oxygen atoms in total. The van der Waals surface area contributed by atoms with Crippen molar-refractivity contribution in [3.05, 3.63) is 71.3 Å². The summed E-state index contributed by atoms with van der Waals surface area (Å²) in [6, 6.07) is 19.4.